The van der Waals surface area contributed by atoms with Gasteiger partial charge in [-0.1, -0.05) is 0 Å². The first kappa shape index (κ1) is 21.8. The van der Waals surface area contributed by atoms with Crippen LogP contribution in [0.5, 0.6) is 0 Å². The van der Waals surface area contributed by atoms with E-state index < -0.39 is 66.5 Å². The van der Waals surface area contributed by atoms with Crippen molar-refractivity contribution >= 4 is 23.2 Å². The van der Waals surface area contributed by atoms with Crippen molar-refractivity contribution in [1.29, 1.82) is 0 Å². The zero-order valence-corrected chi connectivity index (χ0v) is 15.7. The van der Waals surface area contributed by atoms with Crippen molar-refractivity contribution in [3.8, 4) is 0 Å². The van der Waals surface area contributed by atoms with Crippen molar-refractivity contribution < 1.29 is 30.0 Å². The Balaban J connectivity index is 2.60. The van der Waals surface area contributed by atoms with Crippen molar-refractivity contribution in [2.24, 2.45) is 0 Å². The molecule has 0 aliphatic carbocycles. The third kappa shape index (κ3) is 3.85. The summed E-state index contributed by atoms with van der Waals surface area (Å²) in [6, 6.07) is 0. The molecule has 0 fully saturated rings. The number of nitrogens with one attached hydrogen (secondary N) is 2. The van der Waals surface area contributed by atoms with Crippen LogP contribution < -0.4 is 21.0 Å². The predicted octanol–water partition coefficient (Wildman–Crippen LogP) is -3.34. The average Bonchev–Trinajstić information content (AvgIpc) is 2.60. The number of rotatable bonds is 7. The highest BCUT2D eigenvalue weighted by atomic mass is 16.4. The lowest BCUT2D eigenvalue weighted by molar-refractivity contribution is -0.125. The van der Waals surface area contributed by atoms with Crippen molar-refractivity contribution in [2.75, 3.05) is 29.5 Å². The second-order valence-corrected chi connectivity index (χ2v) is 7.18. The summed E-state index contributed by atoms with van der Waals surface area (Å²) in [6.07, 6.45) is -5.02. The molecule has 0 bridgehead atoms. The van der Waals surface area contributed by atoms with Gasteiger partial charge in [-0.15, -0.1) is 0 Å². The van der Waals surface area contributed by atoms with Crippen LogP contribution in [-0.4, -0.2) is 85.6 Å². The summed E-state index contributed by atoms with van der Waals surface area (Å²) in [5, 5.41) is 38.6. The Morgan fingerprint density at radius 3 is 2.25 bits per heavy atom. The lowest BCUT2D eigenvalue weighted by Crippen LogP contribution is -2.65. The Morgan fingerprint density at radius 2 is 1.71 bits per heavy atom. The minimum atomic E-state index is -1.75. The summed E-state index contributed by atoms with van der Waals surface area (Å²) >= 11 is 0. The summed E-state index contributed by atoms with van der Waals surface area (Å²) < 4.78 is 0. The number of H-pyrrole nitrogens is 2. The number of ketones is 1. The minimum Gasteiger partial charge on any atom is -0.394 e. The fourth-order valence-electron chi connectivity index (χ4n) is 3.09. The zero-order chi connectivity index (χ0) is 21.4. The van der Waals surface area contributed by atoms with E-state index in [4.69, 9.17) is 5.11 Å². The Labute approximate surface area is 159 Å². The lowest BCUT2D eigenvalue weighted by atomic mass is 9.94. The zero-order valence-electron chi connectivity index (χ0n) is 15.7. The number of hydrogen-bond acceptors (Lipinski definition) is 9. The van der Waals surface area contributed by atoms with Gasteiger partial charge < -0.3 is 25.3 Å². The molecule has 1 aliphatic heterocycles. The van der Waals surface area contributed by atoms with Crippen LogP contribution in [0.3, 0.4) is 0 Å². The van der Waals surface area contributed by atoms with E-state index in [-0.39, 0.29) is 11.5 Å². The molecule has 3 atom stereocenters. The Kier molecular flexibility index (Phi) is 6.09. The van der Waals surface area contributed by atoms with Gasteiger partial charge in [-0.05, 0) is 20.8 Å². The molecule has 1 aliphatic rings. The van der Waals surface area contributed by atoms with Gasteiger partial charge >= 0.3 is 5.69 Å². The molecule has 28 heavy (non-hydrogen) atoms. The van der Waals surface area contributed by atoms with Crippen molar-refractivity contribution in [3.63, 3.8) is 0 Å². The van der Waals surface area contributed by atoms with Gasteiger partial charge in [0.2, 0.25) is 0 Å². The molecule has 2 heterocycles. The van der Waals surface area contributed by atoms with Gasteiger partial charge in [0.25, 0.3) is 11.5 Å². The van der Waals surface area contributed by atoms with E-state index in [1.54, 1.807) is 0 Å². The Bertz CT molecular complexity index is 876. The standard InChI is InChI=1S/C16H24N4O8/c1-7(22)4-19-10-12(17-15(28)18-13(10)26)20(16(2,3)14(19)27)5-8(23)11(25)9(24)6-21/h8-9,11,21,23-25H,4-6H2,1-3H3,(H2,17,18,26,28)/t8-,9+,11-/m0/s1. The molecule has 12 heteroatoms. The maximum Gasteiger partial charge on any atom is 0.327 e. The molecule has 0 saturated heterocycles. The summed E-state index contributed by atoms with van der Waals surface area (Å²) in [4.78, 5) is 55.3. The van der Waals surface area contributed by atoms with Gasteiger partial charge in [0.15, 0.2) is 5.69 Å². The topological polar surface area (TPSA) is 187 Å². The summed E-state index contributed by atoms with van der Waals surface area (Å²) in [6.45, 7) is 2.48. The van der Waals surface area contributed by atoms with Gasteiger partial charge in [-0.2, -0.15) is 0 Å². The van der Waals surface area contributed by atoms with Crippen molar-refractivity contribution in [3.05, 3.63) is 20.8 Å². The number of carbonyl (C=O) groups is 2. The molecule has 0 saturated carbocycles. The number of aromatic amines is 2. The van der Waals surface area contributed by atoms with Crippen molar-refractivity contribution in [1.82, 2.24) is 9.97 Å². The Morgan fingerprint density at radius 1 is 1.11 bits per heavy atom. The molecule has 1 aromatic heterocycles. The molecule has 0 unspecified atom stereocenters. The highest BCUT2D eigenvalue weighted by Crippen LogP contribution is 2.36. The second kappa shape index (κ2) is 7.83. The smallest absolute Gasteiger partial charge is 0.327 e. The third-order valence-electron chi connectivity index (χ3n) is 4.61. The number of fused-ring (bicyclic) bond motifs is 1. The van der Waals surface area contributed by atoms with E-state index in [0.29, 0.717) is 0 Å². The van der Waals surface area contributed by atoms with E-state index in [1.165, 1.54) is 25.7 Å². The number of hydrogen-bond donors (Lipinski definition) is 6. The van der Waals surface area contributed by atoms with E-state index in [1.807, 2.05) is 4.98 Å². The molecule has 12 nitrogen and oxygen atoms in total. The van der Waals surface area contributed by atoms with Crippen LogP contribution in [0.15, 0.2) is 9.59 Å². The number of anilines is 2. The lowest BCUT2D eigenvalue weighted by Gasteiger charge is -2.47. The first-order valence-corrected chi connectivity index (χ1v) is 8.52. The Hall–Kier alpha value is -2.54. The van der Waals surface area contributed by atoms with Crippen LogP contribution in [0.25, 0.3) is 0 Å². The van der Waals surface area contributed by atoms with E-state index in [2.05, 4.69) is 4.98 Å². The first-order valence-electron chi connectivity index (χ1n) is 8.52. The number of aliphatic hydroxyl groups excluding tert-OH is 4. The fourth-order valence-corrected chi connectivity index (χ4v) is 3.09. The van der Waals surface area contributed by atoms with E-state index in [0.717, 1.165) is 4.90 Å². The molecular formula is C16H24N4O8. The number of β-amino-alcohol motifs (C(OH)–C–C–N with tert-alkyl or cyclic N) is 1. The minimum absolute atomic E-state index is 0.121. The van der Waals surface area contributed by atoms with Gasteiger partial charge in [-0.25, -0.2) is 4.79 Å². The van der Waals surface area contributed by atoms with Crippen LogP contribution in [0, 0.1) is 0 Å². The molecular weight excluding hydrogens is 376 g/mol. The number of aromatic nitrogens is 2. The van der Waals surface area contributed by atoms with Crippen LogP contribution in [0.2, 0.25) is 0 Å². The monoisotopic (exact) mass is 400 g/mol. The molecule has 6 N–H and O–H groups in total. The normalized spacial score (nSPS) is 19.2. The molecule has 156 valence electrons. The summed E-state index contributed by atoms with van der Waals surface area (Å²) in [5.74, 6) is -1.16. The summed E-state index contributed by atoms with van der Waals surface area (Å²) in [7, 11) is 0. The number of amides is 1. The molecule has 0 aromatic carbocycles. The second-order valence-electron chi connectivity index (χ2n) is 7.18. The summed E-state index contributed by atoms with van der Waals surface area (Å²) in [5.41, 5.74) is -3.47. The number of Topliss-reactive ketones (excluding diaryl/α,β-unsaturated/α-hetero) is 1. The number of carbonyl (C=O) groups excluding carboxylic acids is 2. The fraction of sp³-hybridized carbons (Fsp3) is 0.625. The van der Waals surface area contributed by atoms with Crippen LogP contribution >= 0.6 is 0 Å². The molecule has 0 spiro atoms. The molecule has 0 radical (unpaired) electrons. The highest BCUT2D eigenvalue weighted by molar-refractivity contribution is 6.09. The highest BCUT2D eigenvalue weighted by Gasteiger charge is 2.47. The van der Waals surface area contributed by atoms with Crippen LogP contribution in [0.4, 0.5) is 11.5 Å². The van der Waals surface area contributed by atoms with Gasteiger partial charge in [0.1, 0.15) is 35.5 Å². The average molecular weight is 400 g/mol. The molecule has 2 rings (SSSR count). The number of aliphatic hydroxyl groups is 4. The third-order valence-corrected chi connectivity index (χ3v) is 4.61. The van der Waals surface area contributed by atoms with Gasteiger partial charge in [-0.3, -0.25) is 29.3 Å². The predicted molar refractivity (Wildman–Crippen MR) is 97.2 cm³/mol. The molecule has 1 amide bonds. The number of nitrogens with zero attached hydrogens (tertiary/aromatic N) is 2. The van der Waals surface area contributed by atoms with Crippen LogP contribution in [0.1, 0.15) is 20.8 Å². The SMILES string of the molecule is CC(=O)CN1C(=O)C(C)(C)N(C[C@H](O)[C@H](O)[C@H](O)CO)c2[nH]c(=O)[nH]c(=O)c21. The van der Waals surface area contributed by atoms with E-state index in [9.17, 15) is 34.5 Å². The largest absolute Gasteiger partial charge is 0.394 e. The van der Waals surface area contributed by atoms with Crippen molar-refractivity contribution in [2.45, 2.75) is 44.6 Å². The van der Waals surface area contributed by atoms with Gasteiger partial charge in [0, 0.05) is 6.54 Å². The van der Waals surface area contributed by atoms with E-state index >= 15 is 0 Å². The quantitative estimate of drug-likeness (QED) is 0.272. The maximum atomic E-state index is 13.0. The maximum absolute atomic E-state index is 13.0. The van der Waals surface area contributed by atoms with Crippen LogP contribution in [-0.2, 0) is 9.59 Å². The first-order chi connectivity index (χ1) is 12.9. The molecule has 1 aromatic rings. The van der Waals surface area contributed by atoms with Gasteiger partial charge in [0.05, 0.1) is 13.2 Å².